The minimum atomic E-state index is -5.14. The summed E-state index contributed by atoms with van der Waals surface area (Å²) in [4.78, 5) is -1.14. The van der Waals surface area contributed by atoms with Crippen molar-refractivity contribution in [3.63, 3.8) is 0 Å². The van der Waals surface area contributed by atoms with E-state index in [0.29, 0.717) is 10.6 Å². The predicted molar refractivity (Wildman–Crippen MR) is 81.9 cm³/mol. The van der Waals surface area contributed by atoms with Crippen LogP contribution < -0.4 is 4.72 Å². The van der Waals surface area contributed by atoms with Crippen molar-refractivity contribution in [2.75, 3.05) is 0 Å². The lowest BCUT2D eigenvalue weighted by molar-refractivity contribution is -0.143. The van der Waals surface area contributed by atoms with Gasteiger partial charge in [-0.3, -0.25) is 0 Å². The Morgan fingerprint density at radius 1 is 0.885 bits per heavy atom. The number of hydrogen-bond donors (Lipinski definition) is 1. The standard InChI is InChI=1S/C15H10ClF6NO2S/c16-12-3-1-2-9(4-12)8-23-26(24,25)13-6-10(14(17,18)19)5-11(7-13)15(20,21)22/h1-7,23H,8H2. The van der Waals surface area contributed by atoms with Crippen LogP contribution in [-0.4, -0.2) is 8.42 Å². The van der Waals surface area contributed by atoms with Crippen molar-refractivity contribution in [2.45, 2.75) is 23.8 Å². The molecule has 0 unspecified atom stereocenters. The second-order valence-electron chi connectivity index (χ2n) is 5.20. The summed E-state index contributed by atoms with van der Waals surface area (Å²) in [6, 6.07) is 6.07. The van der Waals surface area contributed by atoms with Gasteiger partial charge in [-0.25, -0.2) is 13.1 Å². The number of alkyl halides is 6. The summed E-state index contributed by atoms with van der Waals surface area (Å²) >= 11 is 5.73. The van der Waals surface area contributed by atoms with Crippen LogP contribution in [0.3, 0.4) is 0 Å². The fraction of sp³-hybridized carbons (Fsp3) is 0.200. The lowest BCUT2D eigenvalue weighted by atomic mass is 10.1. The molecule has 0 aliphatic heterocycles. The molecule has 0 spiro atoms. The van der Waals surface area contributed by atoms with Crippen LogP contribution in [0.4, 0.5) is 26.3 Å². The van der Waals surface area contributed by atoms with E-state index in [1.54, 1.807) is 0 Å². The molecule has 0 radical (unpaired) electrons. The van der Waals surface area contributed by atoms with Crippen LogP contribution in [0.25, 0.3) is 0 Å². The largest absolute Gasteiger partial charge is 0.416 e. The van der Waals surface area contributed by atoms with E-state index in [-0.39, 0.29) is 24.7 Å². The lowest BCUT2D eigenvalue weighted by Crippen LogP contribution is -2.24. The van der Waals surface area contributed by atoms with Crippen LogP contribution in [0, 0.1) is 0 Å². The van der Waals surface area contributed by atoms with E-state index in [2.05, 4.69) is 0 Å². The number of rotatable bonds is 4. The van der Waals surface area contributed by atoms with E-state index in [1.165, 1.54) is 24.3 Å². The van der Waals surface area contributed by atoms with Crippen molar-refractivity contribution in [2.24, 2.45) is 0 Å². The monoisotopic (exact) mass is 417 g/mol. The molecule has 142 valence electrons. The summed E-state index contributed by atoms with van der Waals surface area (Å²) in [6.45, 7) is -0.361. The zero-order valence-corrected chi connectivity index (χ0v) is 14.2. The highest BCUT2D eigenvalue weighted by molar-refractivity contribution is 7.89. The predicted octanol–water partition coefficient (Wildman–Crippen LogP) is 4.86. The normalized spacial score (nSPS) is 13.0. The molecule has 1 N–H and O–H groups in total. The summed E-state index contributed by atoms with van der Waals surface area (Å²) in [7, 11) is -4.63. The Hall–Kier alpha value is -1.78. The maximum atomic E-state index is 12.8. The topological polar surface area (TPSA) is 46.2 Å². The molecular weight excluding hydrogens is 408 g/mol. The van der Waals surface area contributed by atoms with Gasteiger partial charge in [0.1, 0.15) is 0 Å². The van der Waals surface area contributed by atoms with E-state index < -0.39 is 38.4 Å². The second-order valence-corrected chi connectivity index (χ2v) is 7.40. The molecule has 26 heavy (non-hydrogen) atoms. The molecule has 0 atom stereocenters. The molecular formula is C15H10ClF6NO2S. The average molecular weight is 418 g/mol. The molecule has 2 rings (SSSR count). The fourth-order valence-electron chi connectivity index (χ4n) is 1.99. The van der Waals surface area contributed by atoms with Gasteiger partial charge in [-0.2, -0.15) is 26.3 Å². The minimum absolute atomic E-state index is 0.143. The van der Waals surface area contributed by atoms with E-state index in [0.717, 1.165) is 0 Å². The molecule has 11 heteroatoms. The number of halogens is 7. The molecule has 0 bridgehead atoms. The Morgan fingerprint density at radius 3 is 1.88 bits per heavy atom. The van der Waals surface area contributed by atoms with Crippen molar-refractivity contribution < 1.29 is 34.8 Å². The van der Waals surface area contributed by atoms with E-state index in [9.17, 15) is 34.8 Å². The smallest absolute Gasteiger partial charge is 0.207 e. The van der Waals surface area contributed by atoms with Crippen LogP contribution in [0.15, 0.2) is 47.4 Å². The maximum absolute atomic E-state index is 12.8. The number of sulfonamides is 1. The summed E-state index contributed by atoms with van der Waals surface area (Å²) in [5.41, 5.74) is -3.05. The highest BCUT2D eigenvalue weighted by Crippen LogP contribution is 2.37. The quantitative estimate of drug-likeness (QED) is 0.722. The molecule has 0 saturated carbocycles. The van der Waals surface area contributed by atoms with Gasteiger partial charge in [0, 0.05) is 11.6 Å². The molecule has 3 nitrogen and oxygen atoms in total. The Morgan fingerprint density at radius 2 is 1.42 bits per heavy atom. The van der Waals surface area contributed by atoms with E-state index in [1.807, 2.05) is 4.72 Å². The van der Waals surface area contributed by atoms with Gasteiger partial charge >= 0.3 is 12.4 Å². The third-order valence-electron chi connectivity index (χ3n) is 3.23. The lowest BCUT2D eigenvalue weighted by Gasteiger charge is -2.15. The Balaban J connectivity index is 2.41. The van der Waals surface area contributed by atoms with Crippen molar-refractivity contribution in [1.29, 1.82) is 0 Å². The van der Waals surface area contributed by atoms with Gasteiger partial charge in [0.15, 0.2) is 0 Å². The third-order valence-corrected chi connectivity index (χ3v) is 4.84. The third kappa shape index (κ3) is 5.12. The van der Waals surface area contributed by atoms with Gasteiger partial charge in [0.05, 0.1) is 16.0 Å². The van der Waals surface area contributed by atoms with Gasteiger partial charge in [-0.05, 0) is 35.9 Å². The summed E-state index contributed by atoms with van der Waals surface area (Å²) in [5, 5.41) is 0.292. The molecule has 0 saturated heterocycles. The van der Waals surface area contributed by atoms with Crippen LogP contribution >= 0.6 is 11.6 Å². The van der Waals surface area contributed by atoms with Crippen LogP contribution in [0.5, 0.6) is 0 Å². The first-order valence-corrected chi connectivity index (χ1v) is 8.69. The molecule has 0 amide bonds. The van der Waals surface area contributed by atoms with Crippen molar-refractivity contribution in [3.8, 4) is 0 Å². The second kappa shape index (κ2) is 7.09. The van der Waals surface area contributed by atoms with Crippen molar-refractivity contribution >= 4 is 21.6 Å². The Labute approximate surface area is 149 Å². The molecule has 0 fully saturated rings. The van der Waals surface area contributed by atoms with Gasteiger partial charge in [0.2, 0.25) is 10.0 Å². The SMILES string of the molecule is O=S(=O)(NCc1cccc(Cl)c1)c1cc(C(F)(F)F)cc(C(F)(F)F)c1. The summed E-state index contributed by atoms with van der Waals surface area (Å²) in [5.74, 6) is 0. The average Bonchev–Trinajstić information content (AvgIpc) is 2.51. The number of hydrogen-bond acceptors (Lipinski definition) is 2. The molecule has 2 aromatic rings. The minimum Gasteiger partial charge on any atom is -0.207 e. The van der Waals surface area contributed by atoms with Gasteiger partial charge in [-0.1, -0.05) is 23.7 Å². The zero-order valence-electron chi connectivity index (χ0n) is 12.6. The first-order valence-electron chi connectivity index (χ1n) is 6.82. The van der Waals surface area contributed by atoms with E-state index >= 15 is 0 Å². The molecule has 0 aromatic heterocycles. The Bertz CT molecular complexity index is 877. The van der Waals surface area contributed by atoms with Gasteiger partial charge < -0.3 is 0 Å². The maximum Gasteiger partial charge on any atom is 0.416 e. The molecule has 0 aliphatic rings. The van der Waals surface area contributed by atoms with Crippen LogP contribution in [0.1, 0.15) is 16.7 Å². The summed E-state index contributed by atoms with van der Waals surface area (Å²) in [6.07, 6.45) is -10.3. The van der Waals surface area contributed by atoms with Crippen LogP contribution in [0.2, 0.25) is 5.02 Å². The number of benzene rings is 2. The first kappa shape index (κ1) is 20.5. The van der Waals surface area contributed by atoms with E-state index in [4.69, 9.17) is 11.6 Å². The molecule has 2 aromatic carbocycles. The summed E-state index contributed by atoms with van der Waals surface area (Å²) < 4.78 is 103. The van der Waals surface area contributed by atoms with Gasteiger partial charge in [0.25, 0.3) is 0 Å². The molecule has 0 aliphatic carbocycles. The first-order chi connectivity index (χ1) is 11.8. The van der Waals surface area contributed by atoms with Crippen molar-refractivity contribution in [1.82, 2.24) is 4.72 Å². The highest BCUT2D eigenvalue weighted by Gasteiger charge is 2.38. The molecule has 0 heterocycles. The zero-order chi connectivity index (χ0) is 19.8. The highest BCUT2D eigenvalue weighted by atomic mass is 35.5. The van der Waals surface area contributed by atoms with Gasteiger partial charge in [-0.15, -0.1) is 0 Å². The fourth-order valence-corrected chi connectivity index (χ4v) is 3.29. The van der Waals surface area contributed by atoms with Crippen LogP contribution in [-0.2, 0) is 28.9 Å². The Kier molecular flexibility index (Phi) is 5.60. The number of nitrogens with one attached hydrogen (secondary N) is 1. The van der Waals surface area contributed by atoms with Crippen molar-refractivity contribution in [3.05, 3.63) is 64.2 Å².